The largest absolute Gasteiger partial charge is 0.391 e. The normalized spacial score (nSPS) is 21.6. The highest BCUT2D eigenvalue weighted by molar-refractivity contribution is 5.89. The van der Waals surface area contributed by atoms with Crippen LogP contribution in [0.4, 0.5) is 10.5 Å². The van der Waals surface area contributed by atoms with Gasteiger partial charge in [0.25, 0.3) is 0 Å². The van der Waals surface area contributed by atoms with Crippen LogP contribution in [-0.4, -0.2) is 41.8 Å². The lowest BCUT2D eigenvalue weighted by atomic mass is 10.2. The summed E-state index contributed by atoms with van der Waals surface area (Å²) in [6.45, 7) is 2.44. The monoisotopic (exact) mass is 290 g/mol. The molecule has 5 nitrogen and oxygen atoms in total. The number of nitrogens with one attached hydrogen (secondary N) is 1. The van der Waals surface area contributed by atoms with Crippen LogP contribution in [0.2, 0.25) is 0 Å². The fraction of sp³-hybridized carbons (Fsp3) is 0.562. The Morgan fingerprint density at radius 1 is 1.38 bits per heavy atom. The summed E-state index contributed by atoms with van der Waals surface area (Å²) in [6, 6.07) is 7.58. The molecule has 1 atom stereocenters. The SMILES string of the molecule is O=C(Nc1cccc(COCC2CC2)c1)N1CC[C@@H](O)C1. The molecule has 0 bridgehead atoms. The van der Waals surface area contributed by atoms with Gasteiger partial charge < -0.3 is 20.1 Å². The summed E-state index contributed by atoms with van der Waals surface area (Å²) in [7, 11) is 0. The number of anilines is 1. The molecular formula is C16H22N2O3. The highest BCUT2D eigenvalue weighted by Crippen LogP contribution is 2.29. The van der Waals surface area contributed by atoms with Gasteiger partial charge in [0.05, 0.1) is 12.7 Å². The third-order valence-corrected chi connectivity index (χ3v) is 3.95. The van der Waals surface area contributed by atoms with E-state index in [1.807, 2.05) is 24.3 Å². The summed E-state index contributed by atoms with van der Waals surface area (Å²) >= 11 is 0. The van der Waals surface area contributed by atoms with E-state index in [9.17, 15) is 9.90 Å². The van der Waals surface area contributed by atoms with Gasteiger partial charge in [-0.3, -0.25) is 0 Å². The molecule has 2 amide bonds. The van der Waals surface area contributed by atoms with Crippen molar-refractivity contribution in [3.63, 3.8) is 0 Å². The van der Waals surface area contributed by atoms with Crippen LogP contribution in [0.5, 0.6) is 0 Å². The molecule has 2 fully saturated rings. The van der Waals surface area contributed by atoms with E-state index in [1.165, 1.54) is 12.8 Å². The molecule has 2 N–H and O–H groups in total. The lowest BCUT2D eigenvalue weighted by Gasteiger charge is -2.16. The molecule has 1 aliphatic carbocycles. The number of benzene rings is 1. The van der Waals surface area contributed by atoms with Crippen LogP contribution in [0.1, 0.15) is 24.8 Å². The van der Waals surface area contributed by atoms with E-state index in [2.05, 4.69) is 5.32 Å². The fourth-order valence-electron chi connectivity index (χ4n) is 2.50. The maximum Gasteiger partial charge on any atom is 0.321 e. The summed E-state index contributed by atoms with van der Waals surface area (Å²) in [4.78, 5) is 13.7. The number of amides is 2. The predicted octanol–water partition coefficient (Wildman–Crippen LogP) is 2.21. The maximum atomic E-state index is 12.1. The second-order valence-corrected chi connectivity index (χ2v) is 5.98. The second-order valence-electron chi connectivity index (χ2n) is 5.98. The highest BCUT2D eigenvalue weighted by Gasteiger charge is 2.24. The van der Waals surface area contributed by atoms with E-state index in [1.54, 1.807) is 4.90 Å². The van der Waals surface area contributed by atoms with Gasteiger partial charge in [-0.05, 0) is 42.9 Å². The molecule has 0 radical (unpaired) electrons. The van der Waals surface area contributed by atoms with Crippen molar-refractivity contribution in [3.05, 3.63) is 29.8 Å². The van der Waals surface area contributed by atoms with Gasteiger partial charge in [-0.15, -0.1) is 0 Å². The molecule has 5 heteroatoms. The Kier molecular flexibility index (Phi) is 4.41. The molecule has 1 heterocycles. The van der Waals surface area contributed by atoms with Gasteiger partial charge in [0.2, 0.25) is 0 Å². The van der Waals surface area contributed by atoms with E-state index in [0.29, 0.717) is 26.1 Å². The smallest absolute Gasteiger partial charge is 0.321 e. The molecule has 21 heavy (non-hydrogen) atoms. The van der Waals surface area contributed by atoms with Gasteiger partial charge in [-0.1, -0.05) is 12.1 Å². The third-order valence-electron chi connectivity index (χ3n) is 3.95. The molecular weight excluding hydrogens is 268 g/mol. The first-order chi connectivity index (χ1) is 10.2. The van der Waals surface area contributed by atoms with Gasteiger partial charge in [0, 0.05) is 25.4 Å². The minimum Gasteiger partial charge on any atom is -0.391 e. The van der Waals surface area contributed by atoms with E-state index >= 15 is 0 Å². The van der Waals surface area contributed by atoms with Crippen molar-refractivity contribution < 1.29 is 14.6 Å². The van der Waals surface area contributed by atoms with Crippen LogP contribution in [0.25, 0.3) is 0 Å². The Bertz CT molecular complexity index is 502. The van der Waals surface area contributed by atoms with E-state index < -0.39 is 6.10 Å². The van der Waals surface area contributed by atoms with Crippen LogP contribution in [0.15, 0.2) is 24.3 Å². The van der Waals surface area contributed by atoms with Crippen LogP contribution < -0.4 is 5.32 Å². The zero-order chi connectivity index (χ0) is 14.7. The summed E-state index contributed by atoms with van der Waals surface area (Å²) < 4.78 is 5.66. The summed E-state index contributed by atoms with van der Waals surface area (Å²) in [5.74, 6) is 0.759. The predicted molar refractivity (Wildman–Crippen MR) is 80.0 cm³/mol. The molecule has 1 aromatic rings. The number of rotatable bonds is 5. The number of urea groups is 1. The highest BCUT2D eigenvalue weighted by atomic mass is 16.5. The number of aliphatic hydroxyl groups excluding tert-OH is 1. The van der Waals surface area contributed by atoms with Gasteiger partial charge in [-0.2, -0.15) is 0 Å². The number of hydrogen-bond donors (Lipinski definition) is 2. The molecule has 3 rings (SSSR count). The minimum absolute atomic E-state index is 0.150. The number of carbonyl (C=O) groups excluding carboxylic acids is 1. The van der Waals surface area contributed by atoms with Crippen molar-refractivity contribution in [2.75, 3.05) is 25.0 Å². The Labute approximate surface area is 124 Å². The fourth-order valence-corrected chi connectivity index (χ4v) is 2.50. The van der Waals surface area contributed by atoms with Crippen LogP contribution in [-0.2, 0) is 11.3 Å². The second kappa shape index (κ2) is 6.45. The van der Waals surface area contributed by atoms with Crippen molar-refractivity contribution >= 4 is 11.7 Å². The molecule has 0 unspecified atom stereocenters. The zero-order valence-corrected chi connectivity index (χ0v) is 12.1. The van der Waals surface area contributed by atoms with E-state index in [-0.39, 0.29) is 6.03 Å². The van der Waals surface area contributed by atoms with Crippen molar-refractivity contribution in [1.82, 2.24) is 4.90 Å². The zero-order valence-electron chi connectivity index (χ0n) is 12.1. The first kappa shape index (κ1) is 14.4. The van der Waals surface area contributed by atoms with Crippen LogP contribution in [0.3, 0.4) is 0 Å². The van der Waals surface area contributed by atoms with Crippen molar-refractivity contribution in [2.45, 2.75) is 32.0 Å². The van der Waals surface area contributed by atoms with Gasteiger partial charge >= 0.3 is 6.03 Å². The molecule has 114 valence electrons. The Morgan fingerprint density at radius 2 is 2.24 bits per heavy atom. The molecule has 1 saturated heterocycles. The first-order valence-electron chi connectivity index (χ1n) is 7.61. The van der Waals surface area contributed by atoms with E-state index in [0.717, 1.165) is 23.8 Å². The Hall–Kier alpha value is -1.59. The molecule has 1 aliphatic heterocycles. The van der Waals surface area contributed by atoms with Crippen molar-refractivity contribution in [1.29, 1.82) is 0 Å². The molecule has 1 saturated carbocycles. The molecule has 0 aromatic heterocycles. The number of ether oxygens (including phenoxy) is 1. The number of aliphatic hydroxyl groups is 1. The van der Waals surface area contributed by atoms with Crippen LogP contribution >= 0.6 is 0 Å². The van der Waals surface area contributed by atoms with Crippen molar-refractivity contribution in [3.8, 4) is 0 Å². The van der Waals surface area contributed by atoms with Gasteiger partial charge in [-0.25, -0.2) is 4.79 Å². The molecule has 2 aliphatic rings. The average Bonchev–Trinajstić information content (AvgIpc) is 3.18. The summed E-state index contributed by atoms with van der Waals surface area (Å²) in [5.41, 5.74) is 1.84. The van der Waals surface area contributed by atoms with Gasteiger partial charge in [0.1, 0.15) is 0 Å². The van der Waals surface area contributed by atoms with Gasteiger partial charge in [0.15, 0.2) is 0 Å². The maximum absolute atomic E-state index is 12.1. The number of β-amino-alcohol motifs (C(OH)–C–C–N with tert-alkyl or cyclic N) is 1. The van der Waals surface area contributed by atoms with Crippen LogP contribution in [0, 0.1) is 5.92 Å². The lowest BCUT2D eigenvalue weighted by Crippen LogP contribution is -2.33. The minimum atomic E-state index is -0.391. The molecule has 1 aromatic carbocycles. The Morgan fingerprint density at radius 3 is 2.95 bits per heavy atom. The quantitative estimate of drug-likeness (QED) is 0.874. The number of likely N-dealkylation sites (tertiary alicyclic amines) is 1. The van der Waals surface area contributed by atoms with E-state index in [4.69, 9.17) is 4.74 Å². The average molecular weight is 290 g/mol. The number of hydrogen-bond acceptors (Lipinski definition) is 3. The first-order valence-corrected chi connectivity index (χ1v) is 7.61. The Balaban J connectivity index is 1.51. The summed E-state index contributed by atoms with van der Waals surface area (Å²) in [5, 5.41) is 12.3. The third kappa shape index (κ3) is 4.19. The topological polar surface area (TPSA) is 61.8 Å². The lowest BCUT2D eigenvalue weighted by molar-refractivity contribution is 0.111. The number of nitrogens with zero attached hydrogens (tertiary/aromatic N) is 1. The standard InChI is InChI=1S/C16H22N2O3/c19-15-6-7-18(9-15)16(20)17-14-3-1-2-13(8-14)11-21-10-12-4-5-12/h1-3,8,12,15,19H,4-7,9-11H2,(H,17,20)/t15-/m1/s1. The summed E-state index contributed by atoms with van der Waals surface area (Å²) in [6.07, 6.45) is 2.84. The molecule has 0 spiro atoms. The van der Waals surface area contributed by atoms with Crippen molar-refractivity contribution in [2.24, 2.45) is 5.92 Å². The number of carbonyl (C=O) groups is 1.